The summed E-state index contributed by atoms with van der Waals surface area (Å²) in [4.78, 5) is 2.55. The molecule has 6 rings (SSSR count). The minimum Gasteiger partial charge on any atom is -0.0877 e. The summed E-state index contributed by atoms with van der Waals surface area (Å²) in [7, 11) is 0. The lowest BCUT2D eigenvalue weighted by Crippen LogP contribution is -2.13. The van der Waals surface area contributed by atoms with E-state index in [2.05, 4.69) is 132 Å². The van der Waals surface area contributed by atoms with Crippen molar-refractivity contribution >= 4 is 43.6 Å². The maximum absolute atomic E-state index is 4.09. The van der Waals surface area contributed by atoms with Crippen LogP contribution in [-0.4, -0.2) is 0 Å². The molecule has 0 bridgehead atoms. The Bertz CT molecular complexity index is 1630. The first kappa shape index (κ1) is 42.8. The zero-order chi connectivity index (χ0) is 38.6. The van der Waals surface area contributed by atoms with Crippen LogP contribution < -0.4 is 0 Å². The summed E-state index contributed by atoms with van der Waals surface area (Å²) in [6.07, 6.45) is 27.1. The minimum atomic E-state index is 0.742. The van der Waals surface area contributed by atoms with Crippen molar-refractivity contribution in [1.82, 2.24) is 0 Å². The van der Waals surface area contributed by atoms with Crippen LogP contribution in [0.1, 0.15) is 186 Å². The van der Waals surface area contributed by atoms with Gasteiger partial charge in [0.2, 0.25) is 0 Å². The van der Waals surface area contributed by atoms with E-state index in [1.807, 2.05) is 11.8 Å². The molecule has 0 aliphatic heterocycles. The van der Waals surface area contributed by atoms with Crippen LogP contribution in [0.15, 0.2) is 91.5 Å². The van der Waals surface area contributed by atoms with Crippen molar-refractivity contribution in [3.8, 4) is 0 Å². The van der Waals surface area contributed by atoms with Gasteiger partial charge in [-0.15, -0.1) is 0 Å². The van der Waals surface area contributed by atoms with Gasteiger partial charge in [0.1, 0.15) is 0 Å². The minimum absolute atomic E-state index is 0.742. The van der Waals surface area contributed by atoms with Gasteiger partial charge in [-0.05, 0) is 190 Å². The summed E-state index contributed by atoms with van der Waals surface area (Å²) in [5.41, 5.74) is 11.4. The highest BCUT2D eigenvalue weighted by Gasteiger charge is 2.24. The van der Waals surface area contributed by atoms with Crippen LogP contribution in [-0.2, 0) is 12.8 Å². The summed E-state index contributed by atoms with van der Waals surface area (Å²) in [5.74, 6) is 3.41. The fourth-order valence-electron chi connectivity index (χ4n) is 9.61. The highest BCUT2D eigenvalue weighted by molar-refractivity contribution is 9.11. The maximum Gasteiger partial charge on any atom is 0.0352 e. The number of halogens is 2. The zero-order valence-corrected chi connectivity index (χ0v) is 38.5. The predicted molar refractivity (Wildman–Crippen MR) is 247 cm³/mol. The molecular weight excluding hydrogens is 816 g/mol. The van der Waals surface area contributed by atoms with E-state index in [0.29, 0.717) is 0 Å². The van der Waals surface area contributed by atoms with Crippen molar-refractivity contribution in [1.29, 1.82) is 0 Å². The third kappa shape index (κ3) is 12.1. The van der Waals surface area contributed by atoms with Crippen molar-refractivity contribution in [2.45, 2.75) is 178 Å². The molecule has 2 aliphatic carbocycles. The maximum atomic E-state index is 4.09. The summed E-state index contributed by atoms with van der Waals surface area (Å²) in [6.45, 7) is 9.14. The first-order chi connectivity index (χ1) is 26.8. The Balaban J connectivity index is 1.05. The van der Waals surface area contributed by atoms with Gasteiger partial charge in [0.25, 0.3) is 0 Å². The predicted octanol–water partition coefficient (Wildman–Crippen LogP) is 17.6. The van der Waals surface area contributed by atoms with E-state index in [1.165, 1.54) is 168 Å². The Morgan fingerprint density at radius 1 is 0.473 bits per heavy atom. The summed E-state index contributed by atoms with van der Waals surface area (Å²) in [6, 6.07) is 28.5. The molecule has 2 aliphatic rings. The van der Waals surface area contributed by atoms with E-state index in [1.54, 1.807) is 11.1 Å². The Hall–Kier alpha value is -1.81. The molecule has 0 saturated heterocycles. The molecule has 0 N–H and O–H groups in total. The Kier molecular flexibility index (Phi) is 17.0. The molecule has 55 heavy (non-hydrogen) atoms. The molecule has 4 aromatic carbocycles. The number of hydrogen-bond acceptors (Lipinski definition) is 1. The van der Waals surface area contributed by atoms with Crippen molar-refractivity contribution in [3.63, 3.8) is 0 Å². The molecule has 0 aromatic heterocycles. The molecule has 4 aromatic rings. The van der Waals surface area contributed by atoms with Gasteiger partial charge in [0, 0.05) is 18.7 Å². The second-order valence-corrected chi connectivity index (χ2v) is 20.1. The molecule has 0 heterocycles. The van der Waals surface area contributed by atoms with Gasteiger partial charge in [-0.2, -0.15) is 0 Å². The van der Waals surface area contributed by atoms with E-state index in [4.69, 9.17) is 0 Å². The first-order valence-electron chi connectivity index (χ1n) is 22.2. The molecule has 0 nitrogen and oxygen atoms in total. The summed E-state index contributed by atoms with van der Waals surface area (Å²) >= 11 is 10.1. The number of aryl methyl sites for hydroxylation is 2. The Morgan fingerprint density at radius 3 is 1.22 bits per heavy atom. The van der Waals surface area contributed by atoms with E-state index in [-0.39, 0.29) is 0 Å². The van der Waals surface area contributed by atoms with Crippen LogP contribution in [0.25, 0.3) is 0 Å². The SMILES string of the molecule is CCCCCCC1CCC(c2ccc(Cc3c(C)ccc(Sc4ccc(C)c(Cc5ccc(C6CCC(CCCCCC)CC6)cc5)c4Br)c3Br)cc2)CC1. The van der Waals surface area contributed by atoms with Gasteiger partial charge >= 0.3 is 0 Å². The van der Waals surface area contributed by atoms with Gasteiger partial charge in [0.05, 0.1) is 0 Å². The lowest BCUT2D eigenvalue weighted by atomic mass is 9.77. The lowest BCUT2D eigenvalue weighted by molar-refractivity contribution is 0.302. The normalized spacial score (nSPS) is 20.2. The Labute approximate surface area is 357 Å². The van der Waals surface area contributed by atoms with Gasteiger partial charge in [-0.1, -0.05) is 150 Å². The highest BCUT2D eigenvalue weighted by atomic mass is 79.9. The molecule has 0 unspecified atom stereocenters. The molecule has 0 radical (unpaired) electrons. The number of benzene rings is 4. The number of hydrogen-bond donors (Lipinski definition) is 0. The largest absolute Gasteiger partial charge is 0.0877 e. The summed E-state index contributed by atoms with van der Waals surface area (Å²) in [5, 5.41) is 0. The third-order valence-corrected chi connectivity index (χ3v) is 16.9. The smallest absolute Gasteiger partial charge is 0.0352 e. The van der Waals surface area contributed by atoms with E-state index < -0.39 is 0 Å². The molecule has 0 spiro atoms. The third-order valence-electron chi connectivity index (χ3n) is 13.4. The molecular formula is C52H68Br2S. The molecule has 3 heteroatoms. The van der Waals surface area contributed by atoms with Gasteiger partial charge in [-0.25, -0.2) is 0 Å². The van der Waals surface area contributed by atoms with Gasteiger partial charge in [-0.3, -0.25) is 0 Å². The van der Waals surface area contributed by atoms with Crippen LogP contribution in [0.5, 0.6) is 0 Å². The van der Waals surface area contributed by atoms with E-state index >= 15 is 0 Å². The van der Waals surface area contributed by atoms with Crippen LogP contribution in [0, 0.1) is 25.7 Å². The summed E-state index contributed by atoms with van der Waals surface area (Å²) < 4.78 is 2.46. The van der Waals surface area contributed by atoms with Gasteiger partial charge in [0.15, 0.2) is 0 Å². The molecule has 0 atom stereocenters. The molecule has 2 saturated carbocycles. The van der Waals surface area contributed by atoms with Gasteiger partial charge < -0.3 is 0 Å². The average Bonchev–Trinajstić information content (AvgIpc) is 3.21. The zero-order valence-electron chi connectivity index (χ0n) is 34.5. The molecule has 0 amide bonds. The van der Waals surface area contributed by atoms with Crippen LogP contribution in [0.2, 0.25) is 0 Å². The fourth-order valence-corrected chi connectivity index (χ4v) is 12.2. The monoisotopic (exact) mass is 882 g/mol. The second-order valence-electron chi connectivity index (χ2n) is 17.4. The number of rotatable bonds is 18. The van der Waals surface area contributed by atoms with Crippen molar-refractivity contribution in [2.75, 3.05) is 0 Å². The molecule has 296 valence electrons. The first-order valence-corrected chi connectivity index (χ1v) is 24.6. The second kappa shape index (κ2) is 21.8. The van der Waals surface area contributed by atoms with E-state index in [9.17, 15) is 0 Å². The highest BCUT2D eigenvalue weighted by Crippen LogP contribution is 2.43. The van der Waals surface area contributed by atoms with Crippen LogP contribution in [0.3, 0.4) is 0 Å². The van der Waals surface area contributed by atoms with Crippen LogP contribution in [0.4, 0.5) is 0 Å². The van der Waals surface area contributed by atoms with Crippen molar-refractivity contribution in [2.24, 2.45) is 11.8 Å². The topological polar surface area (TPSA) is 0 Å². The van der Waals surface area contributed by atoms with Crippen molar-refractivity contribution in [3.05, 3.63) is 126 Å². The quantitative estimate of drug-likeness (QED) is 0.0897. The van der Waals surface area contributed by atoms with E-state index in [0.717, 1.165) is 36.5 Å². The fraction of sp³-hybridized carbons (Fsp3) is 0.538. The lowest BCUT2D eigenvalue weighted by Gasteiger charge is -2.29. The van der Waals surface area contributed by atoms with Crippen LogP contribution >= 0.6 is 43.6 Å². The Morgan fingerprint density at radius 2 is 0.855 bits per heavy atom. The molecule has 2 fully saturated rings. The number of unbranched alkanes of at least 4 members (excludes halogenated alkanes) is 6. The average molecular weight is 885 g/mol. The van der Waals surface area contributed by atoms with Crippen molar-refractivity contribution < 1.29 is 0 Å². The standard InChI is InChI=1S/C52H68Br2S/c1-5-7-9-11-13-39-17-25-43(26-18-39)45-29-21-41(22-30-45)35-47-37(3)15-33-49(51(47)53)55-50-34-16-38(4)48(52(50)54)36-42-23-31-46(32-24-42)44-27-19-40(20-28-44)14-12-10-8-6-2/h15-16,21-24,29-34,39-40,43-44H,5-14,17-20,25-28,35-36H2,1-4H3.